The molecule has 5 aromatic carbocycles. The molecule has 3 radical (unpaired) electrons. The standard InChI is InChI=1S/C12H12ClFO3.C12H13FO4.C12H11FO4.C11H11FO3.C9H9FO2.C2H4Cl2O.B.Cl2OS.Na.H/c1-7(15)16-6-11-4-8-2-10(14)3-9(5-13)12(8)17-11;2*1-7(15)16-6-11-4-8-2-10(13)3-9(5-14)12(8)17-11;1-7(13)14-6-10-5-8-4-9(12)2-3-11(8)15-10;10-7-1-2-9-6(3-7)4-8(5-11)12-9;1-5-2(3)4;;1-4(2)3;;/h2-3,11H,4-6H2,1H3;2-3,11,14H,4-6H2,1H3;2-3,5,11H,4,6H2,1H3;2-4,10H,5-6H2,1H3;1-3,8,11H,4-5H2;2H,1H3;;;;/q;;;;;;;;+1;-1. The molecule has 481 valence electrons. The monoisotopic (exact) mass is 1380 g/mol. The zero-order valence-corrected chi connectivity index (χ0v) is 55.2. The van der Waals surface area contributed by atoms with E-state index in [4.69, 9.17) is 91.9 Å². The van der Waals surface area contributed by atoms with E-state index in [-0.39, 0.29) is 156 Å². The number of aliphatic hydroxyl groups is 2. The molecule has 5 unspecified atom stereocenters. The number of fused-ring (bicyclic) bond motifs is 5. The zero-order valence-electron chi connectivity index (χ0n) is 49.6. The fourth-order valence-electron chi connectivity index (χ4n) is 8.56. The summed E-state index contributed by atoms with van der Waals surface area (Å²) in [6, 6.07) is 16.7. The molecule has 2 N–H and O–H groups in total. The van der Waals surface area contributed by atoms with Crippen molar-refractivity contribution in [2.45, 2.75) is 108 Å². The van der Waals surface area contributed by atoms with Gasteiger partial charge in [0.1, 0.15) is 115 Å². The van der Waals surface area contributed by atoms with Crippen molar-refractivity contribution in [3.05, 3.63) is 146 Å². The van der Waals surface area contributed by atoms with Crippen molar-refractivity contribution in [3.63, 3.8) is 0 Å². The molecule has 0 fully saturated rings. The summed E-state index contributed by atoms with van der Waals surface area (Å²) in [6.45, 7) is 5.64. The van der Waals surface area contributed by atoms with E-state index in [1.807, 2.05) is 0 Å². The Kier molecular flexibility index (Phi) is 36.5. The van der Waals surface area contributed by atoms with E-state index in [0.717, 1.165) is 22.8 Å². The molecule has 18 nitrogen and oxygen atoms in total. The first-order chi connectivity index (χ1) is 41.2. The van der Waals surface area contributed by atoms with Gasteiger partial charge in [0, 0.05) is 136 Å². The minimum absolute atomic E-state index is 0. The number of hydrogen-bond donors (Lipinski definition) is 2. The minimum atomic E-state index is -1.67. The van der Waals surface area contributed by atoms with Crippen molar-refractivity contribution in [2.75, 3.05) is 40.1 Å². The van der Waals surface area contributed by atoms with Gasteiger partial charge in [-0.3, -0.25) is 24.0 Å². The maximum Gasteiger partial charge on any atom is 1.00 e. The summed E-state index contributed by atoms with van der Waals surface area (Å²) >= 11 is 15.7. The molecule has 31 heteroatoms. The molecule has 0 saturated carbocycles. The van der Waals surface area contributed by atoms with Crippen LogP contribution in [0.4, 0.5) is 22.0 Å². The molecule has 0 saturated heterocycles. The van der Waals surface area contributed by atoms with Crippen LogP contribution in [0.3, 0.4) is 0 Å². The van der Waals surface area contributed by atoms with E-state index >= 15 is 0 Å². The molecular formula is C58H61BCl5F5NaO18S. The summed E-state index contributed by atoms with van der Waals surface area (Å²) in [5, 5.41) is 17.2. The number of benzene rings is 5. The van der Waals surface area contributed by atoms with E-state index in [1.54, 1.807) is 12.1 Å². The Morgan fingerprint density at radius 1 is 0.562 bits per heavy atom. The fraction of sp³-hybridized carbons (Fsp3) is 0.397. The van der Waals surface area contributed by atoms with Crippen molar-refractivity contribution in [3.8, 4) is 28.7 Å². The Morgan fingerprint density at radius 2 is 0.876 bits per heavy atom. The normalized spacial score (nSPS) is 16.7. The van der Waals surface area contributed by atoms with Crippen LogP contribution in [-0.4, -0.2) is 129 Å². The van der Waals surface area contributed by atoms with Gasteiger partial charge in [-0.1, -0.05) is 23.2 Å². The topological polar surface area (TPSA) is 235 Å². The van der Waals surface area contributed by atoms with E-state index < -0.39 is 31.9 Å². The van der Waals surface area contributed by atoms with E-state index in [1.165, 1.54) is 89.4 Å². The number of carbonyl (C=O) groups excluding carboxylic acids is 5. The summed E-state index contributed by atoms with van der Waals surface area (Å²) < 4.78 is 125. The number of aldehydes is 1. The van der Waals surface area contributed by atoms with Crippen LogP contribution in [0.5, 0.6) is 28.7 Å². The van der Waals surface area contributed by atoms with E-state index in [2.05, 4.69) is 26.1 Å². The van der Waals surface area contributed by atoms with Crippen LogP contribution < -0.4 is 53.2 Å². The Hall–Kier alpha value is -5.16. The molecule has 5 aromatic rings. The quantitative estimate of drug-likeness (QED) is 0.0227. The van der Waals surface area contributed by atoms with Gasteiger partial charge in [0.2, 0.25) is 14.2 Å². The molecule has 89 heavy (non-hydrogen) atoms. The van der Waals surface area contributed by atoms with Crippen LogP contribution >= 0.6 is 56.2 Å². The zero-order chi connectivity index (χ0) is 64.5. The van der Waals surface area contributed by atoms with Crippen molar-refractivity contribution in [2.24, 2.45) is 0 Å². The van der Waals surface area contributed by atoms with Gasteiger partial charge >= 0.3 is 53.4 Å². The molecule has 5 aliphatic rings. The van der Waals surface area contributed by atoms with E-state index in [0.29, 0.717) is 89.4 Å². The summed E-state index contributed by atoms with van der Waals surface area (Å²) in [5.41, 5.74) is 5.01. The second kappa shape index (κ2) is 40.6. The number of methoxy groups -OCH3 is 1. The van der Waals surface area contributed by atoms with Gasteiger partial charge in [-0.25, -0.2) is 26.2 Å². The molecule has 0 amide bonds. The van der Waals surface area contributed by atoms with Crippen LogP contribution in [0.2, 0.25) is 0 Å². The third-order valence-electron chi connectivity index (χ3n) is 12.0. The number of ether oxygens (including phenoxy) is 10. The molecule has 0 bridgehead atoms. The number of halogens is 10. The smallest absolute Gasteiger partial charge is 1.00 e. The second-order valence-electron chi connectivity index (χ2n) is 18.8. The third kappa shape index (κ3) is 28.1. The van der Waals surface area contributed by atoms with Crippen LogP contribution in [-0.2, 0) is 96.7 Å². The molecule has 0 spiro atoms. The Labute approximate surface area is 561 Å². The predicted octanol–water partition coefficient (Wildman–Crippen LogP) is 7.11. The van der Waals surface area contributed by atoms with Crippen molar-refractivity contribution >= 4 is 104 Å². The molecule has 5 aliphatic heterocycles. The minimum Gasteiger partial charge on any atom is -1.00 e. The molecule has 5 heterocycles. The van der Waals surface area contributed by atoms with Crippen LogP contribution in [0.15, 0.2) is 72.8 Å². The first kappa shape index (κ1) is 79.9. The SMILES string of the molecule is CC(=O)OCC1Cc2cc(F)cc(C=O)c2O1.CC(=O)OCC1Cc2cc(F)cc(CCl)c2O1.CC(=O)OCC1Cc2cc(F)cc(CO)c2O1.CC(=O)OCC1Cc2cc(F)ccc2O1.COC(Cl)Cl.O=S(Cl)Cl.OCC1Cc2cc(F)ccc2O1.[B].[H-].[Na+]. The number of aliphatic hydroxyl groups excluding tert-OH is 2. The van der Waals surface area contributed by atoms with Gasteiger partial charge in [-0.2, -0.15) is 0 Å². The maximum atomic E-state index is 13.3. The number of alkyl halides is 3. The number of carbonyl (C=O) groups is 5. The van der Waals surface area contributed by atoms with Crippen molar-refractivity contribution in [1.82, 2.24) is 0 Å². The van der Waals surface area contributed by atoms with Crippen molar-refractivity contribution in [1.29, 1.82) is 0 Å². The molecule has 0 aliphatic carbocycles. The Morgan fingerprint density at radius 3 is 1.24 bits per heavy atom. The van der Waals surface area contributed by atoms with Gasteiger partial charge in [0.25, 0.3) is 0 Å². The molecule has 0 aromatic heterocycles. The first-order valence-electron chi connectivity index (χ1n) is 25.9. The fourth-order valence-corrected chi connectivity index (χ4v) is 8.75. The molecule has 10 rings (SSSR count). The summed E-state index contributed by atoms with van der Waals surface area (Å²) in [7, 11) is 8.79. The van der Waals surface area contributed by atoms with Gasteiger partial charge in [0.15, 0.2) is 6.29 Å². The summed E-state index contributed by atoms with van der Waals surface area (Å²) in [6.07, 6.45) is 1.89. The average Bonchev–Trinajstić information content (AvgIpc) is 1.83. The predicted molar refractivity (Wildman–Crippen MR) is 316 cm³/mol. The summed E-state index contributed by atoms with van der Waals surface area (Å²) in [4.78, 5) is 53.4. The maximum absolute atomic E-state index is 13.3. The number of rotatable bonds is 13. The molecular weight excluding hydrogens is 1320 g/mol. The van der Waals surface area contributed by atoms with Crippen LogP contribution in [0, 0.1) is 29.1 Å². The van der Waals surface area contributed by atoms with Gasteiger partial charge < -0.3 is 59.0 Å². The third-order valence-corrected chi connectivity index (χ3v) is 12.7. The number of hydrogen-bond acceptors (Lipinski definition) is 18. The van der Waals surface area contributed by atoms with Gasteiger partial charge in [-0.05, 0) is 72.8 Å². The molecule has 5 atom stereocenters. The van der Waals surface area contributed by atoms with Gasteiger partial charge in [-0.15, -0.1) is 11.6 Å². The van der Waals surface area contributed by atoms with Crippen molar-refractivity contribution < 1.29 is 139 Å². The average molecular weight is 1380 g/mol. The van der Waals surface area contributed by atoms with E-state index in [9.17, 15) is 45.9 Å². The summed E-state index contributed by atoms with van der Waals surface area (Å²) in [5.74, 6) is -0.101. The Bertz CT molecular complexity index is 3100. The van der Waals surface area contributed by atoms with Gasteiger partial charge in [0.05, 0.1) is 24.7 Å². The van der Waals surface area contributed by atoms with Crippen LogP contribution in [0.1, 0.15) is 78.4 Å². The Balaban J connectivity index is 0.000000541. The number of esters is 4. The largest absolute Gasteiger partial charge is 1.00 e. The van der Waals surface area contributed by atoms with Crippen LogP contribution in [0.25, 0.3) is 0 Å². The first-order valence-corrected chi connectivity index (χ1v) is 30.1. The second-order valence-corrected chi connectivity index (χ2v) is 22.6.